The lowest BCUT2D eigenvalue weighted by Crippen LogP contribution is -2.50. The van der Waals surface area contributed by atoms with Gasteiger partial charge in [0.25, 0.3) is 0 Å². The number of rotatable bonds is 9. The van der Waals surface area contributed by atoms with E-state index in [1.807, 2.05) is 72.8 Å². The average molecular weight is 405 g/mol. The summed E-state index contributed by atoms with van der Waals surface area (Å²) in [5.41, 5.74) is 13.3. The predicted octanol–water partition coefficient (Wildman–Crippen LogP) is 2.57. The zero-order valence-electron chi connectivity index (χ0n) is 16.9. The van der Waals surface area contributed by atoms with E-state index >= 15 is 0 Å². The molecule has 0 unspecified atom stereocenters. The van der Waals surface area contributed by atoms with Gasteiger partial charge in [0.1, 0.15) is 6.04 Å². The van der Waals surface area contributed by atoms with Crippen molar-refractivity contribution in [2.75, 3.05) is 11.9 Å². The van der Waals surface area contributed by atoms with Crippen LogP contribution >= 0.6 is 0 Å². The lowest BCUT2D eigenvalue weighted by molar-refractivity contribution is -0.127. The van der Waals surface area contributed by atoms with Crippen molar-refractivity contribution in [3.05, 3.63) is 78.4 Å². The van der Waals surface area contributed by atoms with Crippen molar-refractivity contribution in [2.24, 2.45) is 11.5 Å². The van der Waals surface area contributed by atoms with E-state index < -0.39 is 12.1 Å². The molecule has 156 valence electrons. The summed E-state index contributed by atoms with van der Waals surface area (Å²) in [7, 11) is 0. The smallest absolute Gasteiger partial charge is 0.246 e. The third-order valence-electron chi connectivity index (χ3n) is 4.98. The Morgan fingerprint density at radius 1 is 0.867 bits per heavy atom. The normalized spacial score (nSPS) is 12.9. The molecule has 3 aromatic carbocycles. The van der Waals surface area contributed by atoms with E-state index in [-0.39, 0.29) is 11.8 Å². The minimum absolute atomic E-state index is 0.279. The van der Waals surface area contributed by atoms with E-state index in [0.29, 0.717) is 31.5 Å². The Hall–Kier alpha value is -3.22. The standard InChI is InChI=1S/C24H28N4O2/c25-14-6-11-22(28-23(29)21(26)15-17-7-2-1-3-8-17)24(30)27-20-13-12-18-9-4-5-10-19(18)16-20/h1-5,7-10,12-13,16,21-22H,6,11,14-15,25-26H2,(H,27,30)(H,28,29)/t21-,22-/m0/s1. The van der Waals surface area contributed by atoms with Crippen LogP contribution in [0.25, 0.3) is 10.8 Å². The molecule has 0 spiro atoms. The van der Waals surface area contributed by atoms with Crippen molar-refractivity contribution in [2.45, 2.75) is 31.3 Å². The van der Waals surface area contributed by atoms with E-state index in [1.54, 1.807) is 0 Å². The molecule has 2 atom stereocenters. The molecule has 0 aliphatic rings. The van der Waals surface area contributed by atoms with Gasteiger partial charge in [-0.2, -0.15) is 0 Å². The highest BCUT2D eigenvalue weighted by molar-refractivity contribution is 5.99. The number of nitrogens with one attached hydrogen (secondary N) is 2. The van der Waals surface area contributed by atoms with Crippen LogP contribution in [0.4, 0.5) is 5.69 Å². The molecule has 0 bridgehead atoms. The highest BCUT2D eigenvalue weighted by Gasteiger charge is 2.23. The predicted molar refractivity (Wildman–Crippen MR) is 121 cm³/mol. The van der Waals surface area contributed by atoms with Gasteiger partial charge < -0.3 is 22.1 Å². The Balaban J connectivity index is 1.65. The van der Waals surface area contributed by atoms with Crippen LogP contribution in [0.3, 0.4) is 0 Å². The number of hydrogen-bond acceptors (Lipinski definition) is 4. The maximum absolute atomic E-state index is 12.9. The van der Waals surface area contributed by atoms with Gasteiger partial charge in [0.15, 0.2) is 0 Å². The second-order valence-electron chi connectivity index (χ2n) is 7.34. The first kappa shape index (κ1) is 21.5. The van der Waals surface area contributed by atoms with Crippen LogP contribution in [0, 0.1) is 0 Å². The summed E-state index contributed by atoms with van der Waals surface area (Å²) in [6.45, 7) is 0.436. The van der Waals surface area contributed by atoms with Gasteiger partial charge in [-0.1, -0.05) is 60.7 Å². The quantitative estimate of drug-likeness (QED) is 0.439. The van der Waals surface area contributed by atoms with E-state index in [1.165, 1.54) is 0 Å². The second kappa shape index (κ2) is 10.5. The highest BCUT2D eigenvalue weighted by Crippen LogP contribution is 2.19. The number of carbonyl (C=O) groups excluding carboxylic acids is 2. The summed E-state index contributed by atoms with van der Waals surface area (Å²) in [5, 5.41) is 7.82. The van der Waals surface area contributed by atoms with Gasteiger partial charge in [-0.05, 0) is 54.3 Å². The first-order valence-corrected chi connectivity index (χ1v) is 10.2. The van der Waals surface area contributed by atoms with E-state index in [4.69, 9.17) is 11.5 Å². The topological polar surface area (TPSA) is 110 Å². The number of fused-ring (bicyclic) bond motifs is 1. The van der Waals surface area contributed by atoms with E-state index in [9.17, 15) is 9.59 Å². The molecule has 0 heterocycles. The van der Waals surface area contributed by atoms with Crippen molar-refractivity contribution in [1.29, 1.82) is 0 Å². The van der Waals surface area contributed by atoms with Crippen molar-refractivity contribution in [1.82, 2.24) is 5.32 Å². The molecule has 6 nitrogen and oxygen atoms in total. The van der Waals surface area contributed by atoms with Gasteiger partial charge in [-0.15, -0.1) is 0 Å². The number of benzene rings is 3. The highest BCUT2D eigenvalue weighted by atomic mass is 16.2. The molecule has 3 aromatic rings. The van der Waals surface area contributed by atoms with Gasteiger partial charge >= 0.3 is 0 Å². The Bertz CT molecular complexity index is 991. The molecule has 0 fully saturated rings. The molecule has 3 rings (SSSR count). The zero-order valence-corrected chi connectivity index (χ0v) is 16.9. The maximum atomic E-state index is 12.9. The van der Waals surface area contributed by atoms with E-state index in [0.717, 1.165) is 16.3 Å². The summed E-state index contributed by atoms with van der Waals surface area (Å²) in [6.07, 6.45) is 1.46. The van der Waals surface area contributed by atoms with Crippen molar-refractivity contribution >= 4 is 28.3 Å². The van der Waals surface area contributed by atoms with Gasteiger partial charge in [-0.3, -0.25) is 9.59 Å². The lowest BCUT2D eigenvalue weighted by atomic mass is 10.0. The maximum Gasteiger partial charge on any atom is 0.246 e. The third-order valence-corrected chi connectivity index (χ3v) is 4.98. The minimum atomic E-state index is -0.735. The van der Waals surface area contributed by atoms with Gasteiger partial charge in [-0.25, -0.2) is 0 Å². The molecule has 6 heteroatoms. The fourth-order valence-electron chi connectivity index (χ4n) is 3.33. The molecule has 30 heavy (non-hydrogen) atoms. The molecule has 0 radical (unpaired) electrons. The number of hydrogen-bond donors (Lipinski definition) is 4. The number of carbonyl (C=O) groups is 2. The van der Waals surface area contributed by atoms with Gasteiger partial charge in [0.05, 0.1) is 6.04 Å². The number of anilines is 1. The SMILES string of the molecule is NCCC[C@H](NC(=O)[C@@H](N)Cc1ccccc1)C(=O)Nc1ccc2ccccc2c1. The first-order valence-electron chi connectivity index (χ1n) is 10.2. The molecule has 6 N–H and O–H groups in total. The second-order valence-corrected chi connectivity index (χ2v) is 7.34. The molecular weight excluding hydrogens is 376 g/mol. The summed E-state index contributed by atoms with van der Waals surface area (Å²) < 4.78 is 0. The molecule has 0 saturated heterocycles. The first-order chi connectivity index (χ1) is 14.6. The van der Waals surface area contributed by atoms with Crippen LogP contribution in [0.2, 0.25) is 0 Å². The number of nitrogens with two attached hydrogens (primary N) is 2. The summed E-state index contributed by atoms with van der Waals surface area (Å²) in [4.78, 5) is 25.5. The Labute approximate surface area is 176 Å². The average Bonchev–Trinajstić information content (AvgIpc) is 2.77. The van der Waals surface area contributed by atoms with Crippen molar-refractivity contribution in [3.63, 3.8) is 0 Å². The summed E-state index contributed by atoms with van der Waals surface area (Å²) >= 11 is 0. The molecule has 0 aromatic heterocycles. The molecular formula is C24H28N4O2. The third kappa shape index (κ3) is 5.89. The molecule has 0 saturated carbocycles. The minimum Gasteiger partial charge on any atom is -0.343 e. The van der Waals surface area contributed by atoms with Crippen LogP contribution in [0.5, 0.6) is 0 Å². The Morgan fingerprint density at radius 3 is 2.30 bits per heavy atom. The lowest BCUT2D eigenvalue weighted by Gasteiger charge is -2.21. The molecule has 2 amide bonds. The van der Waals surface area contributed by atoms with Crippen molar-refractivity contribution < 1.29 is 9.59 Å². The van der Waals surface area contributed by atoms with Crippen LogP contribution in [0.15, 0.2) is 72.8 Å². The van der Waals surface area contributed by atoms with Gasteiger partial charge in [0, 0.05) is 5.69 Å². The Morgan fingerprint density at radius 2 is 1.57 bits per heavy atom. The van der Waals surface area contributed by atoms with Crippen LogP contribution in [-0.4, -0.2) is 30.4 Å². The van der Waals surface area contributed by atoms with Crippen LogP contribution in [0.1, 0.15) is 18.4 Å². The number of amides is 2. The fourth-order valence-corrected chi connectivity index (χ4v) is 3.33. The molecule has 0 aliphatic heterocycles. The summed E-state index contributed by atoms with van der Waals surface area (Å²) in [6, 6.07) is 21.8. The van der Waals surface area contributed by atoms with Crippen LogP contribution in [-0.2, 0) is 16.0 Å². The Kier molecular flexibility index (Phi) is 7.54. The fraction of sp³-hybridized carbons (Fsp3) is 0.250. The van der Waals surface area contributed by atoms with E-state index in [2.05, 4.69) is 10.6 Å². The largest absolute Gasteiger partial charge is 0.343 e. The van der Waals surface area contributed by atoms with Crippen LogP contribution < -0.4 is 22.1 Å². The zero-order chi connectivity index (χ0) is 21.3. The van der Waals surface area contributed by atoms with Gasteiger partial charge in [0.2, 0.25) is 11.8 Å². The monoisotopic (exact) mass is 404 g/mol. The summed E-state index contributed by atoms with van der Waals surface area (Å²) in [5.74, 6) is -0.631. The van der Waals surface area contributed by atoms with Crippen molar-refractivity contribution in [3.8, 4) is 0 Å². The molecule has 0 aliphatic carbocycles.